The van der Waals surface area contributed by atoms with E-state index in [2.05, 4.69) is 63.4 Å². The van der Waals surface area contributed by atoms with Gasteiger partial charge in [-0.15, -0.1) is 0 Å². The number of morpholine rings is 1. The number of ether oxygens (including phenoxy) is 1. The van der Waals surface area contributed by atoms with Crippen LogP contribution in [0.1, 0.15) is 11.7 Å². The lowest BCUT2D eigenvalue weighted by atomic mass is 10.2. The van der Waals surface area contributed by atoms with E-state index >= 15 is 0 Å². The minimum Gasteiger partial charge on any atom is -0.378 e. The first-order chi connectivity index (χ1) is 8.83. The Morgan fingerprint density at radius 3 is 3.17 bits per heavy atom. The summed E-state index contributed by atoms with van der Waals surface area (Å²) in [5.74, 6) is 0. The van der Waals surface area contributed by atoms with E-state index in [9.17, 15) is 0 Å². The van der Waals surface area contributed by atoms with Gasteiger partial charge in [-0.2, -0.15) is 0 Å². The Morgan fingerprint density at radius 1 is 1.44 bits per heavy atom. The summed E-state index contributed by atoms with van der Waals surface area (Å²) in [7, 11) is 0. The van der Waals surface area contributed by atoms with Gasteiger partial charge in [0, 0.05) is 22.0 Å². The van der Waals surface area contributed by atoms with E-state index in [0.717, 1.165) is 24.5 Å². The van der Waals surface area contributed by atoms with Gasteiger partial charge in [0.2, 0.25) is 0 Å². The highest BCUT2D eigenvalue weighted by Gasteiger charge is 2.17. The Balaban J connectivity index is 1.84. The van der Waals surface area contributed by atoms with Crippen molar-refractivity contribution in [1.29, 1.82) is 0 Å². The van der Waals surface area contributed by atoms with Crippen molar-refractivity contribution in [1.82, 2.24) is 14.9 Å². The average molecular weight is 355 g/mol. The highest BCUT2D eigenvalue weighted by molar-refractivity contribution is 14.1. The van der Waals surface area contributed by atoms with Crippen molar-refractivity contribution in [2.75, 3.05) is 19.8 Å². The predicted molar refractivity (Wildman–Crippen MR) is 77.8 cm³/mol. The van der Waals surface area contributed by atoms with E-state index in [1.807, 2.05) is 10.9 Å². The van der Waals surface area contributed by atoms with E-state index < -0.39 is 0 Å². The Hall–Kier alpha value is -0.920. The van der Waals surface area contributed by atoms with Crippen molar-refractivity contribution in [3.63, 3.8) is 0 Å². The van der Waals surface area contributed by atoms with Gasteiger partial charge in [-0.05, 0) is 40.8 Å². The number of benzene rings is 1. The predicted octanol–water partition coefficient (Wildman–Crippen LogP) is 2.14. The Bertz CT molecular complexity index is 535. The van der Waals surface area contributed by atoms with Crippen molar-refractivity contribution in [2.24, 2.45) is 0 Å². The summed E-state index contributed by atoms with van der Waals surface area (Å²) >= 11 is 2.32. The molecule has 0 amide bonds. The molecule has 1 aromatic carbocycles. The number of aromatic nitrogens is 2. The van der Waals surface area contributed by atoms with Crippen molar-refractivity contribution < 1.29 is 4.74 Å². The molecule has 1 fully saturated rings. The van der Waals surface area contributed by atoms with Gasteiger partial charge >= 0.3 is 0 Å². The average Bonchev–Trinajstić information content (AvgIpc) is 2.89. The van der Waals surface area contributed by atoms with Crippen LogP contribution in [0.2, 0.25) is 0 Å². The van der Waals surface area contributed by atoms with Crippen LogP contribution in [0.3, 0.4) is 0 Å². The van der Waals surface area contributed by atoms with E-state index in [1.54, 1.807) is 0 Å². The first-order valence-corrected chi connectivity index (χ1v) is 7.02. The molecule has 0 aliphatic carbocycles. The molecule has 0 saturated carbocycles. The van der Waals surface area contributed by atoms with Gasteiger partial charge in [0.1, 0.15) is 0 Å². The Morgan fingerprint density at radius 2 is 2.39 bits per heavy atom. The molecule has 1 aromatic heterocycles. The zero-order valence-electron chi connectivity index (χ0n) is 9.84. The third kappa shape index (κ3) is 2.57. The number of rotatable bonds is 2. The molecular formula is C13H14IN3O. The van der Waals surface area contributed by atoms with Gasteiger partial charge in [-0.3, -0.25) is 0 Å². The van der Waals surface area contributed by atoms with Crippen LogP contribution >= 0.6 is 22.6 Å². The van der Waals surface area contributed by atoms with Crippen LogP contribution in [0.4, 0.5) is 0 Å². The van der Waals surface area contributed by atoms with Gasteiger partial charge in [-0.25, -0.2) is 4.98 Å². The van der Waals surface area contributed by atoms with Gasteiger partial charge in [-0.1, -0.05) is 6.07 Å². The molecule has 0 radical (unpaired) electrons. The van der Waals surface area contributed by atoms with Crippen LogP contribution < -0.4 is 5.32 Å². The summed E-state index contributed by atoms with van der Waals surface area (Å²) < 4.78 is 8.73. The van der Waals surface area contributed by atoms with Crippen LogP contribution in [0, 0.1) is 3.57 Å². The van der Waals surface area contributed by atoms with E-state index in [-0.39, 0.29) is 6.04 Å². The summed E-state index contributed by atoms with van der Waals surface area (Å²) in [6.07, 6.45) is 3.93. The second-order valence-corrected chi connectivity index (χ2v) is 5.51. The van der Waals surface area contributed by atoms with Crippen LogP contribution in [0.25, 0.3) is 5.69 Å². The molecule has 3 rings (SSSR count). The number of halogens is 1. The molecule has 2 heterocycles. The van der Waals surface area contributed by atoms with Crippen LogP contribution in [-0.4, -0.2) is 29.3 Å². The molecule has 1 atom stereocenters. The van der Waals surface area contributed by atoms with Crippen molar-refractivity contribution in [3.05, 3.63) is 46.1 Å². The fraction of sp³-hybridized carbons (Fsp3) is 0.308. The van der Waals surface area contributed by atoms with Gasteiger partial charge in [0.05, 0.1) is 31.3 Å². The topological polar surface area (TPSA) is 39.1 Å². The molecule has 5 heteroatoms. The van der Waals surface area contributed by atoms with Crippen LogP contribution in [0.5, 0.6) is 0 Å². The molecule has 1 unspecified atom stereocenters. The molecule has 4 nitrogen and oxygen atoms in total. The highest BCUT2D eigenvalue weighted by atomic mass is 127. The standard InChI is InChI=1S/C13H14IN3O/c14-10-2-1-3-11(6-10)17-7-12(16-9-17)13-8-18-5-4-15-13/h1-3,6-7,9,13,15H,4-5,8H2. The number of hydrogen-bond acceptors (Lipinski definition) is 3. The maximum Gasteiger partial charge on any atom is 0.0995 e. The monoisotopic (exact) mass is 355 g/mol. The zero-order valence-corrected chi connectivity index (χ0v) is 12.0. The van der Waals surface area contributed by atoms with E-state index in [1.165, 1.54) is 3.57 Å². The summed E-state index contributed by atoms with van der Waals surface area (Å²) in [4.78, 5) is 4.46. The highest BCUT2D eigenvalue weighted by Crippen LogP contribution is 2.17. The fourth-order valence-electron chi connectivity index (χ4n) is 2.05. The second-order valence-electron chi connectivity index (χ2n) is 4.27. The lowest BCUT2D eigenvalue weighted by Gasteiger charge is -2.21. The van der Waals surface area contributed by atoms with Crippen molar-refractivity contribution in [3.8, 4) is 5.69 Å². The van der Waals surface area contributed by atoms with Gasteiger partial charge < -0.3 is 14.6 Å². The molecule has 0 spiro atoms. The molecule has 1 aliphatic rings. The summed E-state index contributed by atoms with van der Waals surface area (Å²) in [5.41, 5.74) is 2.17. The van der Waals surface area contributed by atoms with Crippen molar-refractivity contribution >= 4 is 22.6 Å². The van der Waals surface area contributed by atoms with Crippen LogP contribution in [0.15, 0.2) is 36.8 Å². The fourth-order valence-corrected chi connectivity index (χ4v) is 2.58. The third-order valence-electron chi connectivity index (χ3n) is 2.99. The second kappa shape index (κ2) is 5.38. The molecule has 2 aromatic rings. The zero-order chi connectivity index (χ0) is 12.4. The smallest absolute Gasteiger partial charge is 0.0995 e. The third-order valence-corrected chi connectivity index (χ3v) is 3.66. The first kappa shape index (κ1) is 12.1. The number of imidazole rings is 1. The Kier molecular flexibility index (Phi) is 3.62. The molecular weight excluding hydrogens is 341 g/mol. The first-order valence-electron chi connectivity index (χ1n) is 5.94. The maximum atomic E-state index is 5.46. The molecule has 0 bridgehead atoms. The minimum atomic E-state index is 0.211. The number of nitrogens with one attached hydrogen (secondary N) is 1. The minimum absolute atomic E-state index is 0.211. The van der Waals surface area contributed by atoms with Crippen molar-refractivity contribution in [2.45, 2.75) is 6.04 Å². The normalized spacial score (nSPS) is 19.9. The quantitative estimate of drug-likeness (QED) is 0.839. The molecule has 1 aliphatic heterocycles. The maximum absolute atomic E-state index is 5.46. The van der Waals surface area contributed by atoms with E-state index in [0.29, 0.717) is 6.61 Å². The number of nitrogens with zero attached hydrogens (tertiary/aromatic N) is 2. The molecule has 1 saturated heterocycles. The molecule has 1 N–H and O–H groups in total. The largest absolute Gasteiger partial charge is 0.378 e. The summed E-state index contributed by atoms with van der Waals surface area (Å²) in [6.45, 7) is 2.37. The van der Waals surface area contributed by atoms with Crippen LogP contribution in [-0.2, 0) is 4.74 Å². The van der Waals surface area contributed by atoms with Gasteiger partial charge in [0.25, 0.3) is 0 Å². The number of hydrogen-bond donors (Lipinski definition) is 1. The summed E-state index contributed by atoms with van der Waals surface area (Å²) in [6, 6.07) is 8.56. The SMILES string of the molecule is Ic1cccc(-n2cnc(C3COCCN3)c2)c1. The molecule has 94 valence electrons. The Labute approximate surface area is 120 Å². The molecule has 18 heavy (non-hydrogen) atoms. The lowest BCUT2D eigenvalue weighted by Crippen LogP contribution is -2.34. The summed E-state index contributed by atoms with van der Waals surface area (Å²) in [5, 5.41) is 3.41. The van der Waals surface area contributed by atoms with Gasteiger partial charge in [0.15, 0.2) is 0 Å². The van der Waals surface area contributed by atoms with E-state index in [4.69, 9.17) is 4.74 Å². The lowest BCUT2D eigenvalue weighted by molar-refractivity contribution is 0.0757.